The molecular formula is C10H9BrN2O3. The average Bonchev–Trinajstić information content (AvgIpc) is 2.77. The highest BCUT2D eigenvalue weighted by Gasteiger charge is 2.10. The van der Waals surface area contributed by atoms with Crippen molar-refractivity contribution in [2.24, 2.45) is 0 Å². The minimum absolute atomic E-state index is 0.235. The summed E-state index contributed by atoms with van der Waals surface area (Å²) in [5, 5.41) is 12.4. The van der Waals surface area contributed by atoms with Crippen LogP contribution in [-0.2, 0) is 6.61 Å². The first-order valence-electron chi connectivity index (χ1n) is 4.52. The molecule has 0 radical (unpaired) electrons. The summed E-state index contributed by atoms with van der Waals surface area (Å²) in [6.45, 7) is -0.235. The van der Waals surface area contributed by atoms with E-state index < -0.39 is 0 Å². The second-order valence-corrected chi connectivity index (χ2v) is 3.88. The molecule has 2 rings (SSSR count). The molecule has 2 aromatic rings. The molecule has 0 bridgehead atoms. The fourth-order valence-electron chi connectivity index (χ4n) is 1.23. The summed E-state index contributed by atoms with van der Waals surface area (Å²) in [5.41, 5.74) is 0.764. The molecule has 0 saturated heterocycles. The van der Waals surface area contributed by atoms with E-state index in [9.17, 15) is 0 Å². The van der Waals surface area contributed by atoms with Gasteiger partial charge in [-0.1, -0.05) is 5.16 Å². The highest BCUT2D eigenvalue weighted by atomic mass is 79.9. The summed E-state index contributed by atoms with van der Waals surface area (Å²) in [6, 6.07) is 5.41. The number of benzene rings is 1. The van der Waals surface area contributed by atoms with Crippen LogP contribution < -0.4 is 4.74 Å². The van der Waals surface area contributed by atoms with Crippen molar-refractivity contribution in [3.8, 4) is 17.2 Å². The van der Waals surface area contributed by atoms with Crippen LogP contribution in [0.25, 0.3) is 11.5 Å². The predicted octanol–water partition coefficient (Wildman–Crippen LogP) is 2.00. The van der Waals surface area contributed by atoms with E-state index in [0.29, 0.717) is 5.89 Å². The zero-order chi connectivity index (χ0) is 11.5. The molecule has 0 unspecified atom stereocenters. The second-order valence-electron chi connectivity index (χ2n) is 3.02. The minimum atomic E-state index is -0.235. The van der Waals surface area contributed by atoms with Gasteiger partial charge in [0.05, 0.1) is 11.6 Å². The van der Waals surface area contributed by atoms with Gasteiger partial charge in [0.2, 0.25) is 0 Å². The quantitative estimate of drug-likeness (QED) is 0.934. The van der Waals surface area contributed by atoms with E-state index in [0.717, 1.165) is 15.8 Å². The normalized spacial score (nSPS) is 10.4. The molecule has 1 aromatic heterocycles. The Labute approximate surface area is 100 Å². The Morgan fingerprint density at radius 2 is 2.31 bits per heavy atom. The molecule has 1 heterocycles. The van der Waals surface area contributed by atoms with E-state index in [-0.39, 0.29) is 12.4 Å². The van der Waals surface area contributed by atoms with Gasteiger partial charge in [-0.3, -0.25) is 0 Å². The lowest BCUT2D eigenvalue weighted by Gasteiger charge is -2.03. The predicted molar refractivity (Wildman–Crippen MR) is 59.9 cm³/mol. The van der Waals surface area contributed by atoms with Crippen LogP contribution in [-0.4, -0.2) is 22.4 Å². The zero-order valence-corrected chi connectivity index (χ0v) is 10.1. The molecule has 0 amide bonds. The summed E-state index contributed by atoms with van der Waals surface area (Å²) >= 11 is 3.36. The number of methoxy groups -OCH3 is 1. The largest absolute Gasteiger partial charge is 0.496 e. The number of halogens is 1. The van der Waals surface area contributed by atoms with E-state index >= 15 is 0 Å². The maximum Gasteiger partial charge on any atom is 0.258 e. The summed E-state index contributed by atoms with van der Waals surface area (Å²) in [6.07, 6.45) is 0. The van der Waals surface area contributed by atoms with Crippen molar-refractivity contribution in [2.75, 3.05) is 7.11 Å². The number of hydrogen-bond donors (Lipinski definition) is 1. The Hall–Kier alpha value is -1.40. The molecule has 16 heavy (non-hydrogen) atoms. The van der Waals surface area contributed by atoms with Crippen molar-refractivity contribution in [1.82, 2.24) is 10.1 Å². The minimum Gasteiger partial charge on any atom is -0.496 e. The van der Waals surface area contributed by atoms with Gasteiger partial charge in [0.1, 0.15) is 12.4 Å². The lowest BCUT2D eigenvalue weighted by Crippen LogP contribution is -1.87. The van der Waals surface area contributed by atoms with Crippen molar-refractivity contribution >= 4 is 15.9 Å². The fourth-order valence-corrected chi connectivity index (χ4v) is 1.78. The van der Waals surface area contributed by atoms with Gasteiger partial charge < -0.3 is 14.4 Å². The van der Waals surface area contributed by atoms with Gasteiger partial charge >= 0.3 is 0 Å². The topological polar surface area (TPSA) is 68.4 Å². The third-order valence-electron chi connectivity index (χ3n) is 2.01. The Kier molecular flexibility index (Phi) is 3.21. The fraction of sp³-hybridized carbons (Fsp3) is 0.200. The van der Waals surface area contributed by atoms with Crippen LogP contribution in [0.2, 0.25) is 0 Å². The van der Waals surface area contributed by atoms with Crippen molar-refractivity contribution in [2.45, 2.75) is 6.61 Å². The van der Waals surface area contributed by atoms with Crippen LogP contribution in [0.1, 0.15) is 5.82 Å². The molecule has 6 heteroatoms. The second kappa shape index (κ2) is 4.63. The maximum atomic E-state index is 8.82. The zero-order valence-electron chi connectivity index (χ0n) is 8.48. The standard InChI is InChI=1S/C10H9BrN2O3/c1-15-8-3-2-6(4-7(8)11)10-12-9(5-14)13-16-10/h2-4,14H,5H2,1H3. The Morgan fingerprint density at radius 3 is 2.88 bits per heavy atom. The number of ether oxygens (including phenoxy) is 1. The van der Waals surface area contributed by atoms with E-state index in [1.165, 1.54) is 0 Å². The SMILES string of the molecule is COc1ccc(-c2nc(CO)no2)cc1Br. The molecule has 0 aliphatic rings. The third kappa shape index (κ3) is 2.07. The molecule has 5 nitrogen and oxygen atoms in total. The van der Waals surface area contributed by atoms with Crippen molar-refractivity contribution in [3.05, 3.63) is 28.5 Å². The highest BCUT2D eigenvalue weighted by Crippen LogP contribution is 2.29. The van der Waals surface area contributed by atoms with Gasteiger partial charge in [-0.25, -0.2) is 0 Å². The van der Waals surface area contributed by atoms with E-state index in [4.69, 9.17) is 14.4 Å². The van der Waals surface area contributed by atoms with Crippen LogP contribution in [0.15, 0.2) is 27.2 Å². The number of nitrogens with zero attached hydrogens (tertiary/aromatic N) is 2. The summed E-state index contributed by atoms with van der Waals surface area (Å²) in [4.78, 5) is 4.01. The first kappa shape index (κ1) is 11.1. The molecule has 84 valence electrons. The lowest BCUT2D eigenvalue weighted by atomic mass is 10.2. The molecule has 0 aliphatic carbocycles. The van der Waals surface area contributed by atoms with Crippen LogP contribution in [0.3, 0.4) is 0 Å². The van der Waals surface area contributed by atoms with Crippen molar-refractivity contribution in [1.29, 1.82) is 0 Å². The van der Waals surface area contributed by atoms with Gasteiger partial charge in [0.25, 0.3) is 5.89 Å². The van der Waals surface area contributed by atoms with Crippen LogP contribution in [0, 0.1) is 0 Å². The third-order valence-corrected chi connectivity index (χ3v) is 2.63. The van der Waals surface area contributed by atoms with E-state index in [2.05, 4.69) is 26.1 Å². The van der Waals surface area contributed by atoms with E-state index in [1.807, 2.05) is 6.07 Å². The number of hydrogen-bond acceptors (Lipinski definition) is 5. The van der Waals surface area contributed by atoms with Crippen molar-refractivity contribution < 1.29 is 14.4 Å². The average molecular weight is 285 g/mol. The summed E-state index contributed by atoms with van der Waals surface area (Å²) in [7, 11) is 1.59. The summed E-state index contributed by atoms with van der Waals surface area (Å²) in [5.74, 6) is 1.36. The molecule has 0 saturated carbocycles. The van der Waals surface area contributed by atoms with Gasteiger partial charge in [-0.2, -0.15) is 4.98 Å². The molecule has 0 spiro atoms. The smallest absolute Gasteiger partial charge is 0.258 e. The number of aliphatic hydroxyl groups is 1. The molecule has 0 fully saturated rings. The van der Waals surface area contributed by atoms with Crippen LogP contribution in [0.5, 0.6) is 5.75 Å². The molecular weight excluding hydrogens is 276 g/mol. The lowest BCUT2D eigenvalue weighted by molar-refractivity contribution is 0.264. The Bertz CT molecular complexity index is 499. The van der Waals surface area contributed by atoms with Gasteiger partial charge in [-0.05, 0) is 34.1 Å². The molecule has 0 atom stereocenters. The van der Waals surface area contributed by atoms with Crippen LogP contribution in [0.4, 0.5) is 0 Å². The van der Waals surface area contributed by atoms with E-state index in [1.54, 1.807) is 19.2 Å². The molecule has 1 N–H and O–H groups in total. The molecule has 1 aromatic carbocycles. The Balaban J connectivity index is 2.37. The monoisotopic (exact) mass is 284 g/mol. The van der Waals surface area contributed by atoms with Gasteiger partial charge in [-0.15, -0.1) is 0 Å². The van der Waals surface area contributed by atoms with Crippen molar-refractivity contribution in [3.63, 3.8) is 0 Å². The summed E-state index contributed by atoms with van der Waals surface area (Å²) < 4.78 is 10.9. The number of rotatable bonds is 3. The first-order valence-corrected chi connectivity index (χ1v) is 5.31. The van der Waals surface area contributed by atoms with Gasteiger partial charge in [0, 0.05) is 5.56 Å². The maximum absolute atomic E-state index is 8.82. The Morgan fingerprint density at radius 1 is 1.50 bits per heavy atom. The number of aliphatic hydroxyl groups excluding tert-OH is 1. The van der Waals surface area contributed by atoms with Crippen LogP contribution >= 0.6 is 15.9 Å². The highest BCUT2D eigenvalue weighted by molar-refractivity contribution is 9.10. The first-order chi connectivity index (χ1) is 7.74. The number of aromatic nitrogens is 2. The molecule has 0 aliphatic heterocycles. The van der Waals surface area contributed by atoms with Gasteiger partial charge in [0.15, 0.2) is 5.82 Å².